The molecule has 0 aliphatic heterocycles. The van der Waals surface area contributed by atoms with E-state index < -0.39 is 0 Å². The van der Waals surface area contributed by atoms with E-state index in [1.54, 1.807) is 18.3 Å². The maximum absolute atomic E-state index is 12.0. The third kappa shape index (κ3) is 5.41. The third-order valence-corrected chi connectivity index (χ3v) is 2.78. The molecule has 19 heavy (non-hydrogen) atoms. The molecule has 0 radical (unpaired) electrons. The summed E-state index contributed by atoms with van der Waals surface area (Å²) in [6.45, 7) is 12.9. The number of rotatable bonds is 4. The maximum Gasteiger partial charge on any atom is 0.213 e. The molecule has 0 fully saturated rings. The van der Waals surface area contributed by atoms with E-state index in [0.29, 0.717) is 18.1 Å². The highest BCUT2D eigenvalue weighted by Gasteiger charge is 2.23. The molecule has 0 unspecified atom stereocenters. The summed E-state index contributed by atoms with van der Waals surface area (Å²) in [6.07, 6.45) is 2.57. The van der Waals surface area contributed by atoms with Gasteiger partial charge in [-0.15, -0.1) is 0 Å². The average molecular weight is 263 g/mol. The van der Waals surface area contributed by atoms with Crippen LogP contribution in [0.4, 0.5) is 0 Å². The fourth-order valence-electron chi connectivity index (χ4n) is 1.49. The van der Waals surface area contributed by atoms with Crippen LogP contribution >= 0.6 is 0 Å². The van der Waals surface area contributed by atoms with Gasteiger partial charge in [-0.25, -0.2) is 4.98 Å². The van der Waals surface area contributed by atoms with Gasteiger partial charge in [0.1, 0.15) is 0 Å². The summed E-state index contributed by atoms with van der Waals surface area (Å²) in [6, 6.07) is 3.55. The average Bonchev–Trinajstić information content (AvgIpc) is 2.26. The van der Waals surface area contributed by atoms with Gasteiger partial charge in [-0.05, 0) is 17.9 Å². The lowest BCUT2D eigenvalue weighted by Gasteiger charge is -2.18. The molecule has 1 aromatic rings. The fraction of sp³-hybridized carbons (Fsp3) is 0.625. The highest BCUT2D eigenvalue weighted by molar-refractivity contribution is 5.99. The van der Waals surface area contributed by atoms with Gasteiger partial charge in [-0.3, -0.25) is 4.79 Å². The molecule has 0 spiro atoms. The quantitative estimate of drug-likeness (QED) is 0.767. The van der Waals surface area contributed by atoms with Crippen LogP contribution in [0.2, 0.25) is 0 Å². The van der Waals surface area contributed by atoms with Crippen LogP contribution in [0.5, 0.6) is 5.88 Å². The predicted molar refractivity (Wildman–Crippen MR) is 77.6 cm³/mol. The van der Waals surface area contributed by atoms with E-state index in [-0.39, 0.29) is 16.6 Å². The molecule has 0 bridgehead atoms. The second kappa shape index (κ2) is 5.72. The Balaban J connectivity index is 2.60. The molecule has 1 rings (SSSR count). The molecule has 3 heteroatoms. The Hall–Kier alpha value is -1.38. The van der Waals surface area contributed by atoms with Crippen molar-refractivity contribution in [2.75, 3.05) is 6.61 Å². The zero-order chi connectivity index (χ0) is 14.7. The van der Waals surface area contributed by atoms with Gasteiger partial charge in [0.05, 0.1) is 6.61 Å². The van der Waals surface area contributed by atoms with Gasteiger partial charge in [0.2, 0.25) is 5.88 Å². The number of carbonyl (C=O) groups excluding carboxylic acids is 1. The first-order valence-corrected chi connectivity index (χ1v) is 6.73. The molecule has 0 saturated carbocycles. The van der Waals surface area contributed by atoms with E-state index >= 15 is 0 Å². The summed E-state index contributed by atoms with van der Waals surface area (Å²) < 4.78 is 5.58. The van der Waals surface area contributed by atoms with Crippen molar-refractivity contribution in [1.29, 1.82) is 0 Å². The normalized spacial score (nSPS) is 12.3. The summed E-state index contributed by atoms with van der Waals surface area (Å²) in [7, 11) is 0. The summed E-state index contributed by atoms with van der Waals surface area (Å²) in [4.78, 5) is 16.2. The predicted octanol–water partition coefficient (Wildman–Crippen LogP) is 4.13. The fourth-order valence-corrected chi connectivity index (χ4v) is 1.49. The first kappa shape index (κ1) is 15.7. The number of ether oxygens (including phenoxy) is 1. The van der Waals surface area contributed by atoms with Crippen molar-refractivity contribution in [3.8, 4) is 5.88 Å². The minimum atomic E-state index is -0.379. The van der Waals surface area contributed by atoms with Crippen LogP contribution in [-0.4, -0.2) is 17.4 Å². The molecule has 0 atom stereocenters. The molecule has 0 amide bonds. The van der Waals surface area contributed by atoms with Crippen LogP contribution in [0.25, 0.3) is 0 Å². The standard InChI is InChI=1S/C16H25NO2/c1-15(2,3)9-10-19-13-8-7-12(11-17-13)14(18)16(4,5)6/h7-8,11H,9-10H2,1-6H3. The summed E-state index contributed by atoms with van der Waals surface area (Å²) in [5, 5.41) is 0. The van der Waals surface area contributed by atoms with E-state index in [1.807, 2.05) is 20.8 Å². The van der Waals surface area contributed by atoms with E-state index in [4.69, 9.17) is 4.74 Å². The number of nitrogens with zero attached hydrogens (tertiary/aromatic N) is 1. The molecule has 0 aromatic carbocycles. The SMILES string of the molecule is CC(C)(C)CCOc1ccc(C(=O)C(C)(C)C)cn1. The monoisotopic (exact) mass is 263 g/mol. The zero-order valence-electron chi connectivity index (χ0n) is 12.9. The Morgan fingerprint density at radius 1 is 1.16 bits per heavy atom. The van der Waals surface area contributed by atoms with Crippen LogP contribution in [-0.2, 0) is 0 Å². The number of hydrogen-bond donors (Lipinski definition) is 0. The van der Waals surface area contributed by atoms with Crippen LogP contribution in [0, 0.1) is 10.8 Å². The van der Waals surface area contributed by atoms with E-state index in [1.165, 1.54) is 0 Å². The van der Waals surface area contributed by atoms with Crippen molar-refractivity contribution >= 4 is 5.78 Å². The van der Waals surface area contributed by atoms with E-state index in [9.17, 15) is 4.79 Å². The minimum absolute atomic E-state index is 0.0984. The first-order chi connectivity index (χ1) is 8.59. The molecule has 1 heterocycles. The first-order valence-electron chi connectivity index (χ1n) is 6.73. The number of ketones is 1. The summed E-state index contributed by atoms with van der Waals surface area (Å²) >= 11 is 0. The Labute approximate surface area is 116 Å². The molecule has 0 aliphatic carbocycles. The van der Waals surface area contributed by atoms with Crippen molar-refractivity contribution in [3.05, 3.63) is 23.9 Å². The Morgan fingerprint density at radius 2 is 1.79 bits per heavy atom. The topological polar surface area (TPSA) is 39.2 Å². The Bertz CT molecular complexity index is 422. The minimum Gasteiger partial charge on any atom is -0.478 e. The van der Waals surface area contributed by atoms with E-state index in [0.717, 1.165) is 6.42 Å². The van der Waals surface area contributed by atoms with Gasteiger partial charge in [0.25, 0.3) is 0 Å². The summed E-state index contributed by atoms with van der Waals surface area (Å²) in [5.74, 6) is 0.677. The van der Waals surface area contributed by atoms with Crippen LogP contribution in [0.15, 0.2) is 18.3 Å². The van der Waals surface area contributed by atoms with Crippen molar-refractivity contribution < 1.29 is 9.53 Å². The smallest absolute Gasteiger partial charge is 0.213 e. The van der Waals surface area contributed by atoms with Crippen molar-refractivity contribution in [1.82, 2.24) is 4.98 Å². The van der Waals surface area contributed by atoms with Gasteiger partial charge in [0, 0.05) is 23.2 Å². The van der Waals surface area contributed by atoms with Gasteiger partial charge in [0.15, 0.2) is 5.78 Å². The zero-order valence-corrected chi connectivity index (χ0v) is 12.9. The molecule has 106 valence electrons. The third-order valence-electron chi connectivity index (χ3n) is 2.78. The molecule has 0 N–H and O–H groups in total. The lowest BCUT2D eigenvalue weighted by atomic mass is 9.87. The van der Waals surface area contributed by atoms with Crippen molar-refractivity contribution in [3.63, 3.8) is 0 Å². The van der Waals surface area contributed by atoms with Gasteiger partial charge >= 0.3 is 0 Å². The summed E-state index contributed by atoms with van der Waals surface area (Å²) in [5.41, 5.74) is 0.508. The molecule has 1 aromatic heterocycles. The van der Waals surface area contributed by atoms with Crippen LogP contribution < -0.4 is 4.74 Å². The molecule has 0 aliphatic rings. The maximum atomic E-state index is 12.0. The number of aromatic nitrogens is 1. The number of hydrogen-bond acceptors (Lipinski definition) is 3. The Morgan fingerprint density at radius 3 is 2.21 bits per heavy atom. The second-order valence-electron chi connectivity index (χ2n) is 7.12. The number of carbonyl (C=O) groups is 1. The second-order valence-corrected chi connectivity index (χ2v) is 7.12. The van der Waals surface area contributed by atoms with Gasteiger partial charge in [-0.2, -0.15) is 0 Å². The highest BCUT2D eigenvalue weighted by atomic mass is 16.5. The van der Waals surface area contributed by atoms with Crippen LogP contribution in [0.3, 0.4) is 0 Å². The molecule has 3 nitrogen and oxygen atoms in total. The number of pyridine rings is 1. The highest BCUT2D eigenvalue weighted by Crippen LogP contribution is 2.22. The molecule has 0 saturated heterocycles. The molecular weight excluding hydrogens is 238 g/mol. The largest absolute Gasteiger partial charge is 0.478 e. The molecular formula is C16H25NO2. The number of Topliss-reactive ketones (excluding diaryl/α,β-unsaturated/α-hetero) is 1. The lowest BCUT2D eigenvalue weighted by molar-refractivity contribution is 0.0858. The Kier molecular flexibility index (Phi) is 4.72. The van der Waals surface area contributed by atoms with Crippen molar-refractivity contribution in [2.24, 2.45) is 10.8 Å². The van der Waals surface area contributed by atoms with E-state index in [2.05, 4.69) is 25.8 Å². The lowest BCUT2D eigenvalue weighted by Crippen LogP contribution is -2.20. The van der Waals surface area contributed by atoms with Gasteiger partial charge in [-0.1, -0.05) is 41.5 Å². The van der Waals surface area contributed by atoms with Crippen LogP contribution in [0.1, 0.15) is 58.3 Å². The van der Waals surface area contributed by atoms with Crippen molar-refractivity contribution in [2.45, 2.75) is 48.0 Å². The van der Waals surface area contributed by atoms with Gasteiger partial charge < -0.3 is 4.74 Å².